The molecule has 0 atom stereocenters. The molecule has 1 aliphatic rings. The Labute approximate surface area is 117 Å². The molecule has 1 aliphatic heterocycles. The monoisotopic (exact) mass is 258 g/mol. The van der Waals surface area contributed by atoms with Crippen molar-refractivity contribution in [3.05, 3.63) is 48.6 Å². The molecule has 1 heterocycles. The minimum Gasteiger partial charge on any atom is -0.317 e. The summed E-state index contributed by atoms with van der Waals surface area (Å²) in [6.45, 7) is 9.64. The van der Waals surface area contributed by atoms with E-state index < -0.39 is 0 Å². The number of benzene rings is 1. The first-order chi connectivity index (χ1) is 9.38. The third kappa shape index (κ3) is 5.17. The average molecular weight is 258 g/mol. The number of piperidine rings is 1. The molecule has 2 heteroatoms. The predicted molar refractivity (Wildman–Crippen MR) is 82.4 cm³/mol. The van der Waals surface area contributed by atoms with E-state index in [0.29, 0.717) is 0 Å². The fourth-order valence-electron chi connectivity index (χ4n) is 2.80. The highest BCUT2D eigenvalue weighted by Gasteiger charge is 2.16. The highest BCUT2D eigenvalue weighted by Crippen LogP contribution is 2.14. The lowest BCUT2D eigenvalue weighted by Gasteiger charge is -2.29. The van der Waals surface area contributed by atoms with Crippen LogP contribution in [0.5, 0.6) is 0 Å². The van der Waals surface area contributed by atoms with E-state index in [1.165, 1.54) is 38.0 Å². The van der Waals surface area contributed by atoms with Gasteiger partial charge in [0.05, 0.1) is 0 Å². The maximum absolute atomic E-state index is 3.89. The van der Waals surface area contributed by atoms with E-state index in [0.717, 1.165) is 25.4 Å². The van der Waals surface area contributed by atoms with Gasteiger partial charge in [-0.2, -0.15) is 0 Å². The van der Waals surface area contributed by atoms with Gasteiger partial charge < -0.3 is 5.32 Å². The van der Waals surface area contributed by atoms with Crippen molar-refractivity contribution >= 4 is 0 Å². The van der Waals surface area contributed by atoms with Crippen LogP contribution in [0.15, 0.2) is 43.0 Å². The number of nitrogens with one attached hydrogen (secondary N) is 1. The van der Waals surface area contributed by atoms with E-state index >= 15 is 0 Å². The molecule has 1 aromatic carbocycles. The first-order valence-corrected chi connectivity index (χ1v) is 7.46. The van der Waals surface area contributed by atoms with Crippen LogP contribution in [0.4, 0.5) is 0 Å². The summed E-state index contributed by atoms with van der Waals surface area (Å²) in [6, 6.07) is 10.8. The summed E-state index contributed by atoms with van der Waals surface area (Å²) in [5.41, 5.74) is 1.43. The van der Waals surface area contributed by atoms with E-state index in [1.807, 2.05) is 6.08 Å². The zero-order valence-corrected chi connectivity index (χ0v) is 11.9. The SMILES string of the molecule is C=CCN(CCc1ccccc1)CC1CCNCC1. The van der Waals surface area contributed by atoms with Gasteiger partial charge >= 0.3 is 0 Å². The first-order valence-electron chi connectivity index (χ1n) is 7.46. The van der Waals surface area contributed by atoms with Gasteiger partial charge in [-0.3, -0.25) is 4.90 Å². The highest BCUT2D eigenvalue weighted by molar-refractivity contribution is 5.14. The average Bonchev–Trinajstić information content (AvgIpc) is 2.47. The molecule has 1 saturated heterocycles. The normalized spacial score (nSPS) is 16.7. The molecule has 0 unspecified atom stereocenters. The fourth-order valence-corrected chi connectivity index (χ4v) is 2.80. The largest absolute Gasteiger partial charge is 0.317 e. The molecule has 0 aliphatic carbocycles. The fraction of sp³-hybridized carbons (Fsp3) is 0.529. The van der Waals surface area contributed by atoms with E-state index in [-0.39, 0.29) is 0 Å². The summed E-state index contributed by atoms with van der Waals surface area (Å²) in [4.78, 5) is 2.55. The zero-order valence-electron chi connectivity index (χ0n) is 11.9. The summed E-state index contributed by atoms with van der Waals surface area (Å²) in [5.74, 6) is 0.858. The van der Waals surface area contributed by atoms with Gasteiger partial charge in [0.25, 0.3) is 0 Å². The topological polar surface area (TPSA) is 15.3 Å². The summed E-state index contributed by atoms with van der Waals surface area (Å²) >= 11 is 0. The smallest absolute Gasteiger partial charge is 0.0160 e. The lowest BCUT2D eigenvalue weighted by atomic mass is 9.97. The predicted octanol–water partition coefficient (Wildman–Crippen LogP) is 2.72. The number of hydrogen-bond donors (Lipinski definition) is 1. The van der Waals surface area contributed by atoms with Crippen LogP contribution in [0.1, 0.15) is 18.4 Å². The molecule has 0 radical (unpaired) electrons. The molecule has 104 valence electrons. The lowest BCUT2D eigenvalue weighted by molar-refractivity contribution is 0.224. The molecule has 2 nitrogen and oxygen atoms in total. The van der Waals surface area contributed by atoms with Crippen LogP contribution in [0.25, 0.3) is 0 Å². The molecule has 1 aromatic rings. The van der Waals surface area contributed by atoms with Crippen molar-refractivity contribution in [2.75, 3.05) is 32.7 Å². The molecule has 0 amide bonds. The van der Waals surface area contributed by atoms with Crippen molar-refractivity contribution in [2.24, 2.45) is 5.92 Å². The number of hydrogen-bond acceptors (Lipinski definition) is 2. The second-order valence-electron chi connectivity index (χ2n) is 5.48. The van der Waals surface area contributed by atoms with Gasteiger partial charge in [0.2, 0.25) is 0 Å². The summed E-state index contributed by atoms with van der Waals surface area (Å²) in [7, 11) is 0. The maximum Gasteiger partial charge on any atom is 0.0160 e. The first kappa shape index (κ1) is 14.3. The van der Waals surface area contributed by atoms with E-state index in [4.69, 9.17) is 0 Å². The van der Waals surface area contributed by atoms with Gasteiger partial charge in [-0.15, -0.1) is 6.58 Å². The Morgan fingerprint density at radius 1 is 1.21 bits per heavy atom. The molecule has 0 saturated carbocycles. The molecule has 19 heavy (non-hydrogen) atoms. The quantitative estimate of drug-likeness (QED) is 0.757. The van der Waals surface area contributed by atoms with Crippen LogP contribution in [-0.4, -0.2) is 37.6 Å². The molecule has 1 fully saturated rings. The molecular formula is C17H26N2. The van der Waals surface area contributed by atoms with Gasteiger partial charge in [-0.05, 0) is 43.8 Å². The van der Waals surface area contributed by atoms with Gasteiger partial charge in [0.15, 0.2) is 0 Å². The Hall–Kier alpha value is -1.12. The third-order valence-electron chi connectivity index (χ3n) is 3.92. The van der Waals surface area contributed by atoms with E-state index in [9.17, 15) is 0 Å². The number of rotatable bonds is 7. The molecule has 0 bridgehead atoms. The Kier molecular flexibility index (Phi) is 6.12. The van der Waals surface area contributed by atoms with Crippen LogP contribution in [0.2, 0.25) is 0 Å². The summed E-state index contributed by atoms with van der Waals surface area (Å²) in [5, 5.41) is 3.44. The molecule has 0 spiro atoms. The molecule has 1 N–H and O–H groups in total. The lowest BCUT2D eigenvalue weighted by Crippen LogP contribution is -2.37. The minimum absolute atomic E-state index is 0.858. The van der Waals surface area contributed by atoms with E-state index in [2.05, 4.69) is 47.1 Å². The van der Waals surface area contributed by atoms with Crippen molar-refractivity contribution in [3.8, 4) is 0 Å². The Morgan fingerprint density at radius 2 is 1.95 bits per heavy atom. The van der Waals surface area contributed by atoms with Crippen LogP contribution in [0, 0.1) is 5.92 Å². The molecule has 2 rings (SSSR count). The summed E-state index contributed by atoms with van der Waals surface area (Å²) < 4.78 is 0. The zero-order chi connectivity index (χ0) is 13.3. The van der Waals surface area contributed by atoms with Crippen molar-refractivity contribution in [2.45, 2.75) is 19.3 Å². The number of nitrogens with zero attached hydrogens (tertiary/aromatic N) is 1. The van der Waals surface area contributed by atoms with Gasteiger partial charge in [0.1, 0.15) is 0 Å². The van der Waals surface area contributed by atoms with Crippen molar-refractivity contribution in [3.63, 3.8) is 0 Å². The van der Waals surface area contributed by atoms with Crippen molar-refractivity contribution in [1.82, 2.24) is 10.2 Å². The van der Waals surface area contributed by atoms with Crippen LogP contribution >= 0.6 is 0 Å². The van der Waals surface area contributed by atoms with Crippen LogP contribution in [0.3, 0.4) is 0 Å². The highest BCUT2D eigenvalue weighted by atomic mass is 15.1. The second kappa shape index (κ2) is 8.13. The third-order valence-corrected chi connectivity index (χ3v) is 3.92. The minimum atomic E-state index is 0.858. The Balaban J connectivity index is 1.79. The molecule has 0 aromatic heterocycles. The van der Waals surface area contributed by atoms with Crippen LogP contribution in [-0.2, 0) is 6.42 Å². The van der Waals surface area contributed by atoms with Crippen molar-refractivity contribution < 1.29 is 0 Å². The maximum atomic E-state index is 3.89. The second-order valence-corrected chi connectivity index (χ2v) is 5.48. The Morgan fingerprint density at radius 3 is 2.63 bits per heavy atom. The van der Waals surface area contributed by atoms with Gasteiger partial charge in [-0.25, -0.2) is 0 Å². The van der Waals surface area contributed by atoms with Gasteiger partial charge in [-0.1, -0.05) is 36.4 Å². The van der Waals surface area contributed by atoms with Crippen molar-refractivity contribution in [1.29, 1.82) is 0 Å². The molecular weight excluding hydrogens is 232 g/mol. The standard InChI is InChI=1S/C17H26N2/c1-2-13-19(15-17-8-11-18-12-9-17)14-10-16-6-4-3-5-7-16/h2-7,17-18H,1,8-15H2. The van der Waals surface area contributed by atoms with Gasteiger partial charge in [0, 0.05) is 19.6 Å². The van der Waals surface area contributed by atoms with E-state index in [1.54, 1.807) is 0 Å². The summed E-state index contributed by atoms with van der Waals surface area (Å²) in [6.07, 6.45) is 5.81. The van der Waals surface area contributed by atoms with Crippen LogP contribution < -0.4 is 5.32 Å². The Bertz CT molecular complexity index is 355.